The molecule has 1 aliphatic rings. The zero-order valence-electron chi connectivity index (χ0n) is 13.7. The zero-order valence-corrected chi connectivity index (χ0v) is 14.4. The molecule has 9 heteroatoms. The largest absolute Gasteiger partial charge is 0.493 e. The van der Waals surface area contributed by atoms with Crippen LogP contribution in [0.25, 0.3) is 0 Å². The van der Waals surface area contributed by atoms with Gasteiger partial charge < -0.3 is 18.9 Å². The van der Waals surface area contributed by atoms with Gasteiger partial charge in [0.15, 0.2) is 18.3 Å². The maximum Gasteiger partial charge on any atom is 0.270 e. The Morgan fingerprint density at radius 3 is 2.88 bits per heavy atom. The van der Waals surface area contributed by atoms with Gasteiger partial charge in [0.25, 0.3) is 5.69 Å². The van der Waals surface area contributed by atoms with E-state index in [0.717, 1.165) is 0 Å². The average Bonchev–Trinajstić information content (AvgIpc) is 2.65. The lowest BCUT2D eigenvalue weighted by Crippen LogP contribution is -2.14. The Balaban J connectivity index is 1.94. The lowest BCUT2D eigenvalue weighted by molar-refractivity contribution is -0.385. The Morgan fingerprint density at radius 2 is 2.19 bits per heavy atom. The van der Waals surface area contributed by atoms with Crippen molar-refractivity contribution in [2.24, 2.45) is 0 Å². The number of nitro benzene ring substituents is 1. The summed E-state index contributed by atoms with van der Waals surface area (Å²) >= 11 is 6.17. The van der Waals surface area contributed by atoms with E-state index in [0.29, 0.717) is 22.4 Å². The van der Waals surface area contributed by atoms with Gasteiger partial charge in [-0.2, -0.15) is 5.26 Å². The van der Waals surface area contributed by atoms with Crippen LogP contribution in [0.4, 0.5) is 5.69 Å². The molecule has 26 heavy (non-hydrogen) atoms. The van der Waals surface area contributed by atoms with Gasteiger partial charge in [-0.25, -0.2) is 0 Å². The normalized spacial score (nSPS) is 12.5. The third-order valence-electron chi connectivity index (χ3n) is 3.71. The van der Waals surface area contributed by atoms with Crippen molar-refractivity contribution in [2.75, 3.05) is 13.9 Å². The maximum atomic E-state index is 11.1. The molecule has 0 spiro atoms. The standard InChI is InChI=1S/C17H13ClN2O6/c1-23-15-3-10(6-19)2-14(18)17(15)25-8-12-5-13(20(21)22)4-11-7-24-9-26-16(11)12/h2-5H,7-9H2,1H3. The smallest absolute Gasteiger partial charge is 0.270 e. The molecular weight excluding hydrogens is 364 g/mol. The summed E-state index contributed by atoms with van der Waals surface area (Å²) in [6.07, 6.45) is 0. The monoisotopic (exact) mass is 376 g/mol. The zero-order chi connectivity index (χ0) is 18.7. The number of hydrogen-bond acceptors (Lipinski definition) is 7. The number of methoxy groups -OCH3 is 1. The minimum atomic E-state index is -0.492. The second-order valence-electron chi connectivity index (χ2n) is 5.35. The van der Waals surface area contributed by atoms with Gasteiger partial charge in [0.1, 0.15) is 12.4 Å². The summed E-state index contributed by atoms with van der Waals surface area (Å²) in [5.74, 6) is 1.02. The molecule has 0 fully saturated rings. The molecule has 0 saturated heterocycles. The summed E-state index contributed by atoms with van der Waals surface area (Å²) in [6, 6.07) is 7.71. The predicted octanol–water partition coefficient (Wildman–Crippen LogP) is 3.57. The molecule has 0 saturated carbocycles. The van der Waals surface area contributed by atoms with Gasteiger partial charge in [-0.15, -0.1) is 0 Å². The quantitative estimate of drug-likeness (QED) is 0.580. The van der Waals surface area contributed by atoms with Crippen molar-refractivity contribution in [3.63, 3.8) is 0 Å². The number of nitriles is 1. The van der Waals surface area contributed by atoms with Crippen LogP contribution in [-0.4, -0.2) is 18.8 Å². The number of nitrogens with zero attached hydrogens (tertiary/aromatic N) is 2. The molecule has 1 heterocycles. The minimum absolute atomic E-state index is 0.0357. The first-order valence-electron chi connectivity index (χ1n) is 7.44. The SMILES string of the molecule is COc1cc(C#N)cc(Cl)c1OCc1cc([N+](=O)[O-])cc2c1OCOC2. The molecule has 0 unspecified atom stereocenters. The van der Waals surface area contributed by atoms with Gasteiger partial charge in [0.05, 0.1) is 35.3 Å². The van der Waals surface area contributed by atoms with Crippen LogP contribution < -0.4 is 14.2 Å². The number of hydrogen-bond donors (Lipinski definition) is 0. The Labute approximate surface area is 153 Å². The van der Waals surface area contributed by atoms with Crippen LogP contribution >= 0.6 is 11.6 Å². The minimum Gasteiger partial charge on any atom is -0.493 e. The van der Waals surface area contributed by atoms with E-state index in [2.05, 4.69) is 0 Å². The highest BCUT2D eigenvalue weighted by molar-refractivity contribution is 6.32. The van der Waals surface area contributed by atoms with Gasteiger partial charge in [0.2, 0.25) is 0 Å². The van der Waals surface area contributed by atoms with Gasteiger partial charge >= 0.3 is 0 Å². The summed E-state index contributed by atoms with van der Waals surface area (Å²) in [4.78, 5) is 10.7. The number of non-ortho nitro benzene ring substituents is 1. The molecule has 0 bridgehead atoms. The second kappa shape index (κ2) is 7.47. The van der Waals surface area contributed by atoms with Crippen LogP contribution in [0.1, 0.15) is 16.7 Å². The topological polar surface area (TPSA) is 104 Å². The molecule has 3 rings (SSSR count). The van der Waals surface area contributed by atoms with Crippen LogP contribution in [0, 0.1) is 21.4 Å². The molecule has 0 aliphatic carbocycles. The summed E-state index contributed by atoms with van der Waals surface area (Å²) in [5.41, 5.74) is 1.30. The predicted molar refractivity (Wildman–Crippen MR) is 90.4 cm³/mol. The fourth-order valence-electron chi connectivity index (χ4n) is 2.57. The first-order valence-corrected chi connectivity index (χ1v) is 7.82. The lowest BCUT2D eigenvalue weighted by atomic mass is 10.1. The summed E-state index contributed by atoms with van der Waals surface area (Å²) in [7, 11) is 1.43. The fourth-order valence-corrected chi connectivity index (χ4v) is 2.83. The molecule has 0 aromatic heterocycles. The van der Waals surface area contributed by atoms with Crippen molar-refractivity contribution in [3.8, 4) is 23.3 Å². The highest BCUT2D eigenvalue weighted by atomic mass is 35.5. The van der Waals surface area contributed by atoms with Crippen molar-refractivity contribution in [1.29, 1.82) is 5.26 Å². The summed E-state index contributed by atoms with van der Waals surface area (Å²) in [6.45, 7) is 0.232. The van der Waals surface area contributed by atoms with Crippen molar-refractivity contribution >= 4 is 17.3 Å². The molecular formula is C17H13ClN2O6. The van der Waals surface area contributed by atoms with Crippen LogP contribution in [0.15, 0.2) is 24.3 Å². The molecule has 0 radical (unpaired) electrons. The number of nitro groups is 1. The van der Waals surface area contributed by atoms with Crippen molar-refractivity contribution < 1.29 is 23.9 Å². The summed E-state index contributed by atoms with van der Waals surface area (Å²) in [5, 5.41) is 20.3. The molecule has 2 aromatic rings. The highest BCUT2D eigenvalue weighted by Crippen LogP contribution is 2.38. The highest BCUT2D eigenvalue weighted by Gasteiger charge is 2.22. The van der Waals surface area contributed by atoms with E-state index < -0.39 is 4.92 Å². The van der Waals surface area contributed by atoms with Crippen LogP contribution in [0.5, 0.6) is 17.2 Å². The average molecular weight is 377 g/mol. The lowest BCUT2D eigenvalue weighted by Gasteiger charge is -2.21. The van der Waals surface area contributed by atoms with Gasteiger partial charge in [-0.1, -0.05) is 11.6 Å². The van der Waals surface area contributed by atoms with E-state index >= 15 is 0 Å². The molecule has 134 valence electrons. The Hall–Kier alpha value is -3.02. The number of fused-ring (bicyclic) bond motifs is 1. The van der Waals surface area contributed by atoms with Crippen molar-refractivity contribution in [3.05, 3.63) is 56.1 Å². The van der Waals surface area contributed by atoms with Gasteiger partial charge in [-0.3, -0.25) is 10.1 Å². The van der Waals surface area contributed by atoms with Gasteiger partial charge in [0, 0.05) is 29.3 Å². The van der Waals surface area contributed by atoms with E-state index in [4.69, 9.17) is 35.8 Å². The molecule has 1 aliphatic heterocycles. The van der Waals surface area contributed by atoms with Crippen LogP contribution in [-0.2, 0) is 18.0 Å². The maximum absolute atomic E-state index is 11.1. The molecule has 8 nitrogen and oxygen atoms in total. The van der Waals surface area contributed by atoms with Crippen molar-refractivity contribution in [1.82, 2.24) is 0 Å². The van der Waals surface area contributed by atoms with E-state index in [1.54, 1.807) is 0 Å². The van der Waals surface area contributed by atoms with Gasteiger partial charge in [-0.05, 0) is 6.07 Å². The number of benzene rings is 2. The third kappa shape index (κ3) is 3.49. The number of rotatable bonds is 5. The van der Waals surface area contributed by atoms with E-state index in [9.17, 15) is 10.1 Å². The molecule has 2 aromatic carbocycles. The number of ether oxygens (including phenoxy) is 4. The van der Waals surface area contributed by atoms with Crippen molar-refractivity contribution in [2.45, 2.75) is 13.2 Å². The van der Waals surface area contributed by atoms with E-state index in [1.165, 1.54) is 31.4 Å². The Bertz CT molecular complexity index is 909. The van der Waals surface area contributed by atoms with E-state index in [-0.39, 0.29) is 42.2 Å². The van der Waals surface area contributed by atoms with Crippen LogP contribution in [0.3, 0.4) is 0 Å². The molecule has 0 N–H and O–H groups in total. The van der Waals surface area contributed by atoms with E-state index in [1.807, 2.05) is 6.07 Å². The summed E-state index contributed by atoms with van der Waals surface area (Å²) < 4.78 is 21.6. The first kappa shape index (κ1) is 17.8. The van der Waals surface area contributed by atoms with Crippen LogP contribution in [0.2, 0.25) is 5.02 Å². The second-order valence-corrected chi connectivity index (χ2v) is 5.76. The molecule has 0 amide bonds. The Morgan fingerprint density at radius 1 is 1.38 bits per heavy atom. The first-order chi connectivity index (χ1) is 12.5. The fraction of sp³-hybridized carbons (Fsp3) is 0.235. The molecule has 0 atom stereocenters. The third-order valence-corrected chi connectivity index (χ3v) is 3.99. The Kier molecular flexibility index (Phi) is 5.11. The number of halogens is 1.